The normalized spacial score (nSPS) is 10.2. The maximum absolute atomic E-state index is 13.3. The van der Waals surface area contributed by atoms with Crippen molar-refractivity contribution >= 4 is 17.3 Å². The average Bonchev–Trinajstić information content (AvgIpc) is 2.54. The van der Waals surface area contributed by atoms with Crippen molar-refractivity contribution in [2.45, 2.75) is 13.3 Å². The highest BCUT2D eigenvalue weighted by molar-refractivity contribution is 6.04. The van der Waals surface area contributed by atoms with Crippen LogP contribution in [0, 0.1) is 15.9 Å². The van der Waals surface area contributed by atoms with Gasteiger partial charge >= 0.3 is 5.69 Å². The van der Waals surface area contributed by atoms with Crippen molar-refractivity contribution in [2.75, 3.05) is 11.9 Å². The summed E-state index contributed by atoms with van der Waals surface area (Å²) in [6.07, 6.45) is 0.881. The second-order valence-corrected chi connectivity index (χ2v) is 4.75. The molecule has 0 radical (unpaired) electrons. The van der Waals surface area contributed by atoms with Crippen LogP contribution in [0.2, 0.25) is 0 Å². The summed E-state index contributed by atoms with van der Waals surface area (Å²) in [4.78, 5) is 21.9. The van der Waals surface area contributed by atoms with Gasteiger partial charge in [0.25, 0.3) is 5.91 Å². The number of carbonyl (C=O) groups is 1. The molecule has 1 N–H and O–H groups in total. The van der Waals surface area contributed by atoms with E-state index in [1.54, 1.807) is 24.3 Å². The lowest BCUT2D eigenvalue weighted by atomic mass is 10.2. The summed E-state index contributed by atoms with van der Waals surface area (Å²) in [6, 6.07) is 9.67. The molecule has 2 aromatic rings. The number of nitro groups is 1. The highest BCUT2D eigenvalue weighted by Crippen LogP contribution is 2.22. The highest BCUT2D eigenvalue weighted by Gasteiger charge is 2.15. The summed E-state index contributed by atoms with van der Waals surface area (Å²) in [5.41, 5.74) is -0.179. The number of nitrogens with one attached hydrogen (secondary N) is 1. The van der Waals surface area contributed by atoms with Gasteiger partial charge in [-0.25, -0.2) is 0 Å². The first-order valence-corrected chi connectivity index (χ1v) is 6.99. The van der Waals surface area contributed by atoms with E-state index < -0.39 is 22.3 Å². The van der Waals surface area contributed by atoms with Gasteiger partial charge in [-0.05, 0) is 42.8 Å². The zero-order valence-corrected chi connectivity index (χ0v) is 12.4. The third-order valence-electron chi connectivity index (χ3n) is 2.99. The van der Waals surface area contributed by atoms with Crippen molar-refractivity contribution in [2.24, 2.45) is 0 Å². The first kappa shape index (κ1) is 16.4. The number of nitro benzene ring substituents is 1. The Bertz CT molecular complexity index is 717. The zero-order valence-electron chi connectivity index (χ0n) is 12.4. The fourth-order valence-corrected chi connectivity index (χ4v) is 1.86. The van der Waals surface area contributed by atoms with E-state index in [1.807, 2.05) is 6.92 Å². The molecule has 2 rings (SSSR count). The molecule has 23 heavy (non-hydrogen) atoms. The predicted molar refractivity (Wildman–Crippen MR) is 83.2 cm³/mol. The minimum absolute atomic E-state index is 0.148. The van der Waals surface area contributed by atoms with E-state index in [0.29, 0.717) is 17.9 Å². The second-order valence-electron chi connectivity index (χ2n) is 4.75. The fraction of sp³-hybridized carbons (Fsp3) is 0.188. The van der Waals surface area contributed by atoms with E-state index in [2.05, 4.69) is 5.32 Å². The standard InChI is InChI=1S/C16H15FN2O4/c1-2-9-23-13-6-3-11(4-7-13)16(20)18-12-5-8-14(17)15(10-12)19(21)22/h3-8,10H,2,9H2,1H3,(H,18,20). The van der Waals surface area contributed by atoms with Crippen LogP contribution in [-0.4, -0.2) is 17.4 Å². The molecule has 0 unspecified atom stereocenters. The Hall–Kier alpha value is -2.96. The Morgan fingerprint density at radius 1 is 1.26 bits per heavy atom. The van der Waals surface area contributed by atoms with E-state index in [0.717, 1.165) is 18.6 Å². The molecular weight excluding hydrogens is 303 g/mol. The van der Waals surface area contributed by atoms with Gasteiger partial charge in [0.2, 0.25) is 5.82 Å². The van der Waals surface area contributed by atoms with Gasteiger partial charge in [-0.1, -0.05) is 6.92 Å². The quantitative estimate of drug-likeness (QED) is 0.649. The first-order valence-electron chi connectivity index (χ1n) is 6.99. The topological polar surface area (TPSA) is 81.5 Å². The largest absolute Gasteiger partial charge is 0.494 e. The SMILES string of the molecule is CCCOc1ccc(C(=O)Nc2ccc(F)c([N+](=O)[O-])c2)cc1. The molecule has 0 spiro atoms. The Labute approximate surface area is 132 Å². The summed E-state index contributed by atoms with van der Waals surface area (Å²) in [5, 5.41) is 13.2. The summed E-state index contributed by atoms with van der Waals surface area (Å²) in [5.74, 6) is -0.751. The number of benzene rings is 2. The minimum Gasteiger partial charge on any atom is -0.494 e. The number of amides is 1. The molecule has 1 amide bonds. The van der Waals surface area contributed by atoms with Gasteiger partial charge < -0.3 is 10.1 Å². The Morgan fingerprint density at radius 2 is 1.96 bits per heavy atom. The summed E-state index contributed by atoms with van der Waals surface area (Å²) in [7, 11) is 0. The van der Waals surface area contributed by atoms with E-state index in [9.17, 15) is 19.3 Å². The molecule has 120 valence electrons. The van der Waals surface area contributed by atoms with Crippen molar-refractivity contribution < 1.29 is 18.8 Å². The molecule has 0 aliphatic rings. The average molecular weight is 318 g/mol. The summed E-state index contributed by atoms with van der Waals surface area (Å²) < 4.78 is 18.7. The number of hydrogen-bond acceptors (Lipinski definition) is 4. The van der Waals surface area contributed by atoms with Gasteiger partial charge in [-0.3, -0.25) is 14.9 Å². The Morgan fingerprint density at radius 3 is 2.57 bits per heavy atom. The van der Waals surface area contributed by atoms with Gasteiger partial charge in [0.05, 0.1) is 11.5 Å². The second kappa shape index (κ2) is 7.35. The van der Waals surface area contributed by atoms with Crippen LogP contribution in [0.5, 0.6) is 5.75 Å². The summed E-state index contributed by atoms with van der Waals surface area (Å²) in [6.45, 7) is 2.58. The van der Waals surface area contributed by atoms with E-state index in [1.165, 1.54) is 6.07 Å². The molecule has 0 saturated carbocycles. The molecule has 0 heterocycles. The molecule has 2 aromatic carbocycles. The van der Waals surface area contributed by atoms with Gasteiger partial charge in [0.15, 0.2) is 0 Å². The number of halogens is 1. The predicted octanol–water partition coefficient (Wildman–Crippen LogP) is 3.78. The maximum Gasteiger partial charge on any atom is 0.306 e. The monoisotopic (exact) mass is 318 g/mol. The van der Waals surface area contributed by atoms with E-state index in [-0.39, 0.29) is 5.69 Å². The number of ether oxygens (including phenoxy) is 1. The van der Waals surface area contributed by atoms with Gasteiger partial charge in [0, 0.05) is 17.3 Å². The highest BCUT2D eigenvalue weighted by atomic mass is 19.1. The van der Waals surface area contributed by atoms with E-state index in [4.69, 9.17) is 4.74 Å². The van der Waals surface area contributed by atoms with Crippen molar-refractivity contribution in [3.05, 3.63) is 64.0 Å². The van der Waals surface area contributed by atoms with Crippen LogP contribution in [0.1, 0.15) is 23.7 Å². The molecule has 0 bridgehead atoms. The third kappa shape index (κ3) is 4.26. The van der Waals surface area contributed by atoms with Crippen molar-refractivity contribution in [1.29, 1.82) is 0 Å². The Balaban J connectivity index is 2.09. The smallest absolute Gasteiger partial charge is 0.306 e. The van der Waals surface area contributed by atoms with Gasteiger partial charge in [-0.15, -0.1) is 0 Å². The molecule has 6 nitrogen and oxygen atoms in total. The van der Waals surface area contributed by atoms with Crippen molar-refractivity contribution in [3.8, 4) is 5.75 Å². The zero-order chi connectivity index (χ0) is 16.8. The van der Waals surface area contributed by atoms with Gasteiger partial charge in [-0.2, -0.15) is 4.39 Å². The third-order valence-corrected chi connectivity index (χ3v) is 2.99. The van der Waals surface area contributed by atoms with Crippen LogP contribution >= 0.6 is 0 Å². The molecule has 0 saturated heterocycles. The lowest BCUT2D eigenvalue weighted by Gasteiger charge is -2.07. The van der Waals surface area contributed by atoms with Crippen LogP contribution in [0.4, 0.5) is 15.8 Å². The number of hydrogen-bond donors (Lipinski definition) is 1. The fourth-order valence-electron chi connectivity index (χ4n) is 1.86. The van der Waals surface area contributed by atoms with E-state index >= 15 is 0 Å². The number of carbonyl (C=O) groups excluding carboxylic acids is 1. The van der Waals surface area contributed by atoms with Crippen LogP contribution in [0.15, 0.2) is 42.5 Å². The van der Waals surface area contributed by atoms with Gasteiger partial charge in [0.1, 0.15) is 5.75 Å². The lowest BCUT2D eigenvalue weighted by molar-refractivity contribution is -0.387. The first-order chi connectivity index (χ1) is 11.0. The maximum atomic E-state index is 13.3. The summed E-state index contributed by atoms with van der Waals surface area (Å²) >= 11 is 0. The molecule has 0 fully saturated rings. The molecule has 0 aromatic heterocycles. The van der Waals surface area contributed by atoms with Crippen LogP contribution < -0.4 is 10.1 Å². The molecular formula is C16H15FN2O4. The van der Waals surface area contributed by atoms with Crippen LogP contribution in [-0.2, 0) is 0 Å². The molecule has 0 atom stereocenters. The van der Waals surface area contributed by atoms with Crippen LogP contribution in [0.3, 0.4) is 0 Å². The van der Waals surface area contributed by atoms with Crippen molar-refractivity contribution in [3.63, 3.8) is 0 Å². The molecule has 0 aliphatic heterocycles. The molecule has 0 aliphatic carbocycles. The number of rotatable bonds is 6. The minimum atomic E-state index is -0.953. The molecule has 7 heteroatoms. The van der Waals surface area contributed by atoms with Crippen molar-refractivity contribution in [1.82, 2.24) is 0 Å². The lowest BCUT2D eigenvalue weighted by Crippen LogP contribution is -2.12. The Kier molecular flexibility index (Phi) is 5.24. The van der Waals surface area contributed by atoms with Crippen LogP contribution in [0.25, 0.3) is 0 Å². The number of nitrogens with zero attached hydrogens (tertiary/aromatic N) is 1. The number of anilines is 1.